The van der Waals surface area contributed by atoms with E-state index in [1.807, 2.05) is 20.8 Å². The van der Waals surface area contributed by atoms with Crippen molar-refractivity contribution in [2.45, 2.75) is 33.6 Å². The molecule has 0 bridgehead atoms. The smallest absolute Gasteiger partial charge is 0.209 e. The van der Waals surface area contributed by atoms with Gasteiger partial charge in [-0.05, 0) is 18.3 Å². The van der Waals surface area contributed by atoms with Crippen molar-refractivity contribution in [1.29, 1.82) is 0 Å². The van der Waals surface area contributed by atoms with Gasteiger partial charge < -0.3 is 0 Å². The number of rotatable bonds is 4. The van der Waals surface area contributed by atoms with E-state index in [2.05, 4.69) is 0 Å². The minimum Gasteiger partial charge on any atom is -0.229 e. The lowest BCUT2D eigenvalue weighted by Crippen LogP contribution is -2.30. The molecule has 0 heterocycles. The van der Waals surface area contributed by atoms with Gasteiger partial charge in [-0.3, -0.25) is 0 Å². The highest BCUT2D eigenvalue weighted by Gasteiger charge is 2.24. The number of nitrogens with two attached hydrogens (primary N) is 1. The van der Waals surface area contributed by atoms with Gasteiger partial charge in [-0.25, -0.2) is 13.6 Å². The maximum atomic E-state index is 10.7. The highest BCUT2D eigenvalue weighted by molar-refractivity contribution is 7.89. The molecule has 0 aromatic carbocycles. The van der Waals surface area contributed by atoms with Gasteiger partial charge in [-0.15, -0.1) is 0 Å². The molecule has 2 N–H and O–H groups in total. The first kappa shape index (κ1) is 10.9. The van der Waals surface area contributed by atoms with Gasteiger partial charge >= 0.3 is 0 Å². The van der Waals surface area contributed by atoms with Gasteiger partial charge in [0.2, 0.25) is 10.0 Å². The van der Waals surface area contributed by atoms with Crippen LogP contribution in [0.15, 0.2) is 0 Å². The Morgan fingerprint density at radius 1 is 1.27 bits per heavy atom. The van der Waals surface area contributed by atoms with Gasteiger partial charge in [0.25, 0.3) is 0 Å². The molecule has 11 heavy (non-hydrogen) atoms. The first-order valence-electron chi connectivity index (χ1n) is 3.83. The molecular weight excluding hydrogens is 162 g/mol. The fraction of sp³-hybridized carbons (Fsp3) is 1.00. The lowest BCUT2D eigenvalue weighted by molar-refractivity contribution is 0.339. The first-order chi connectivity index (χ1) is 4.83. The highest BCUT2D eigenvalue weighted by atomic mass is 32.2. The molecule has 0 rings (SSSR count). The predicted molar refractivity (Wildman–Crippen MR) is 46.7 cm³/mol. The minimum atomic E-state index is -3.31. The zero-order chi connectivity index (χ0) is 9.12. The second-order valence-electron chi connectivity index (χ2n) is 3.32. The molecular formula is C7H17NO2S. The van der Waals surface area contributed by atoms with Crippen LogP contribution in [0, 0.1) is 5.41 Å². The van der Waals surface area contributed by atoms with Crippen LogP contribution in [0.1, 0.15) is 33.6 Å². The Labute approximate surface area is 69.0 Å². The van der Waals surface area contributed by atoms with Crippen molar-refractivity contribution < 1.29 is 8.42 Å². The van der Waals surface area contributed by atoms with Crippen LogP contribution in [0.4, 0.5) is 0 Å². The van der Waals surface area contributed by atoms with Crippen LogP contribution in [0.2, 0.25) is 0 Å². The van der Waals surface area contributed by atoms with Crippen LogP contribution >= 0.6 is 0 Å². The summed E-state index contributed by atoms with van der Waals surface area (Å²) in [4.78, 5) is 0. The number of hydrogen-bond acceptors (Lipinski definition) is 2. The second-order valence-corrected chi connectivity index (χ2v) is 4.94. The Balaban J connectivity index is 4.32. The number of sulfonamides is 1. The zero-order valence-corrected chi connectivity index (χ0v) is 8.24. The van der Waals surface area contributed by atoms with Crippen LogP contribution in [0.5, 0.6) is 0 Å². The van der Waals surface area contributed by atoms with Crippen molar-refractivity contribution in [3.8, 4) is 0 Å². The molecule has 0 aromatic heterocycles. The van der Waals surface area contributed by atoms with Gasteiger partial charge in [0.15, 0.2) is 0 Å². The van der Waals surface area contributed by atoms with Crippen LogP contribution < -0.4 is 5.14 Å². The molecule has 3 nitrogen and oxygen atoms in total. The lowest BCUT2D eigenvalue weighted by Gasteiger charge is -2.24. The third-order valence-corrected chi connectivity index (χ3v) is 3.36. The zero-order valence-electron chi connectivity index (χ0n) is 7.42. The Morgan fingerprint density at radius 2 is 1.64 bits per heavy atom. The van der Waals surface area contributed by atoms with Gasteiger partial charge in [0.05, 0.1) is 5.75 Å². The average molecular weight is 179 g/mol. The van der Waals surface area contributed by atoms with Crippen molar-refractivity contribution in [2.24, 2.45) is 10.6 Å². The van der Waals surface area contributed by atoms with Crippen molar-refractivity contribution in [3.63, 3.8) is 0 Å². The molecule has 4 heteroatoms. The van der Waals surface area contributed by atoms with Crippen molar-refractivity contribution in [3.05, 3.63) is 0 Å². The average Bonchev–Trinajstić information content (AvgIpc) is 1.84. The summed E-state index contributed by atoms with van der Waals surface area (Å²) in [5.74, 6) is 0.0903. The fourth-order valence-electron chi connectivity index (χ4n) is 0.940. The molecule has 0 unspecified atom stereocenters. The van der Waals surface area contributed by atoms with E-state index in [1.165, 1.54) is 0 Å². The van der Waals surface area contributed by atoms with Crippen LogP contribution in [-0.2, 0) is 10.0 Å². The molecule has 0 atom stereocenters. The molecule has 0 amide bonds. The Bertz CT molecular complexity index is 204. The molecule has 0 fully saturated rings. The molecule has 68 valence electrons. The number of primary sulfonamides is 1. The normalized spacial score (nSPS) is 13.5. The van der Waals surface area contributed by atoms with Crippen LogP contribution in [0.3, 0.4) is 0 Å². The van der Waals surface area contributed by atoms with Crippen molar-refractivity contribution in [1.82, 2.24) is 0 Å². The summed E-state index contributed by atoms with van der Waals surface area (Å²) >= 11 is 0. The standard InChI is InChI=1S/C7H17NO2S/c1-4-7(3,5-2)6-11(8,9)10/h4-6H2,1-3H3,(H2,8,9,10). The summed E-state index contributed by atoms with van der Waals surface area (Å²) in [6, 6.07) is 0. The van der Waals surface area contributed by atoms with Gasteiger partial charge in [0.1, 0.15) is 0 Å². The summed E-state index contributed by atoms with van der Waals surface area (Å²) in [5.41, 5.74) is -0.145. The van der Waals surface area contributed by atoms with Crippen molar-refractivity contribution >= 4 is 10.0 Å². The minimum absolute atomic E-state index is 0.0903. The molecule has 0 radical (unpaired) electrons. The summed E-state index contributed by atoms with van der Waals surface area (Å²) in [6.07, 6.45) is 1.69. The third kappa shape index (κ3) is 4.37. The van der Waals surface area contributed by atoms with E-state index >= 15 is 0 Å². The number of hydrogen-bond donors (Lipinski definition) is 1. The molecule has 0 spiro atoms. The lowest BCUT2D eigenvalue weighted by atomic mass is 9.87. The molecule has 0 aliphatic heterocycles. The van der Waals surface area contributed by atoms with Crippen molar-refractivity contribution in [2.75, 3.05) is 5.75 Å². The highest BCUT2D eigenvalue weighted by Crippen LogP contribution is 2.26. The molecule has 0 aromatic rings. The Hall–Kier alpha value is -0.0900. The van der Waals surface area contributed by atoms with E-state index in [9.17, 15) is 8.42 Å². The largest absolute Gasteiger partial charge is 0.229 e. The first-order valence-corrected chi connectivity index (χ1v) is 5.55. The molecule has 0 aliphatic carbocycles. The third-order valence-electron chi connectivity index (χ3n) is 2.26. The van der Waals surface area contributed by atoms with E-state index in [-0.39, 0.29) is 11.2 Å². The van der Waals surface area contributed by atoms with Crippen LogP contribution in [-0.4, -0.2) is 14.2 Å². The topological polar surface area (TPSA) is 60.2 Å². The maximum absolute atomic E-state index is 10.7. The Morgan fingerprint density at radius 3 is 1.73 bits per heavy atom. The van der Waals surface area contributed by atoms with E-state index < -0.39 is 10.0 Å². The van der Waals surface area contributed by atoms with E-state index in [0.717, 1.165) is 12.8 Å². The monoisotopic (exact) mass is 179 g/mol. The maximum Gasteiger partial charge on any atom is 0.209 e. The predicted octanol–water partition coefficient (Wildman–Crippen LogP) is 1.10. The van der Waals surface area contributed by atoms with Gasteiger partial charge in [-0.2, -0.15) is 0 Å². The van der Waals surface area contributed by atoms with Crippen LogP contribution in [0.25, 0.3) is 0 Å². The summed E-state index contributed by atoms with van der Waals surface area (Å²) in [6.45, 7) is 5.90. The quantitative estimate of drug-likeness (QED) is 0.702. The SMILES string of the molecule is CCC(C)(CC)CS(N)(=O)=O. The van der Waals surface area contributed by atoms with E-state index in [0.29, 0.717) is 0 Å². The fourth-order valence-corrected chi connectivity index (χ4v) is 2.32. The van der Waals surface area contributed by atoms with Gasteiger partial charge in [0, 0.05) is 0 Å². The molecule has 0 aliphatic rings. The Kier molecular flexibility index (Phi) is 3.51. The molecule has 0 saturated carbocycles. The summed E-state index contributed by atoms with van der Waals surface area (Å²) < 4.78 is 21.5. The summed E-state index contributed by atoms with van der Waals surface area (Å²) in [5, 5.41) is 4.94. The molecule has 0 saturated heterocycles. The second kappa shape index (κ2) is 3.54. The van der Waals surface area contributed by atoms with E-state index in [1.54, 1.807) is 0 Å². The van der Waals surface area contributed by atoms with Gasteiger partial charge in [-0.1, -0.05) is 20.8 Å². The van der Waals surface area contributed by atoms with E-state index in [4.69, 9.17) is 5.14 Å². The summed E-state index contributed by atoms with van der Waals surface area (Å²) in [7, 11) is -3.31.